The first-order valence-electron chi connectivity index (χ1n) is 16.9. The summed E-state index contributed by atoms with van der Waals surface area (Å²) in [6.45, 7) is 4.94. The highest BCUT2D eigenvalue weighted by atomic mass is 127. The third kappa shape index (κ3) is 9.82. The summed E-state index contributed by atoms with van der Waals surface area (Å²) in [7, 11) is 0. The summed E-state index contributed by atoms with van der Waals surface area (Å²) in [6.07, 6.45) is -0.457. The van der Waals surface area contributed by atoms with E-state index in [0.29, 0.717) is 11.1 Å². The topological polar surface area (TPSA) is 149 Å². The van der Waals surface area contributed by atoms with Crippen LogP contribution in [0.15, 0.2) is 96.6 Å². The Morgan fingerprint density at radius 1 is 0.922 bits per heavy atom. The van der Waals surface area contributed by atoms with E-state index in [1.165, 1.54) is 0 Å². The minimum absolute atomic E-state index is 0.00229. The smallest absolute Gasteiger partial charge is 0.339 e. The molecule has 2 amide bonds. The normalized spacial score (nSPS) is 19.9. The van der Waals surface area contributed by atoms with Crippen LogP contribution in [-0.4, -0.2) is 72.0 Å². The molecule has 3 aromatic rings. The maximum absolute atomic E-state index is 13.6. The van der Waals surface area contributed by atoms with E-state index in [4.69, 9.17) is 18.9 Å². The van der Waals surface area contributed by atoms with Crippen LogP contribution in [0.2, 0.25) is 0 Å². The number of amides is 2. The Kier molecular flexibility index (Phi) is 12.7. The van der Waals surface area contributed by atoms with E-state index >= 15 is 0 Å². The first kappa shape index (κ1) is 38.1. The van der Waals surface area contributed by atoms with Crippen LogP contribution in [0.5, 0.6) is 0 Å². The van der Waals surface area contributed by atoms with Gasteiger partial charge in [0.15, 0.2) is 0 Å². The van der Waals surface area contributed by atoms with Gasteiger partial charge in [0, 0.05) is 46.1 Å². The van der Waals surface area contributed by atoms with Gasteiger partial charge in [-0.3, -0.25) is 14.4 Å². The lowest BCUT2D eigenvalue weighted by Crippen LogP contribution is -2.44. The van der Waals surface area contributed by atoms with Crippen LogP contribution in [0.25, 0.3) is 0 Å². The molecule has 5 rings (SSSR count). The number of esters is 2. The molecule has 1 aliphatic carbocycles. The van der Waals surface area contributed by atoms with Crippen molar-refractivity contribution >= 4 is 46.3 Å². The van der Waals surface area contributed by atoms with Crippen LogP contribution in [0.3, 0.4) is 0 Å². The Balaban J connectivity index is 1.30. The van der Waals surface area contributed by atoms with E-state index in [-0.39, 0.29) is 38.8 Å². The van der Waals surface area contributed by atoms with Crippen LogP contribution < -0.4 is 10.6 Å². The maximum atomic E-state index is 13.6. The molecule has 0 spiro atoms. The third-order valence-corrected chi connectivity index (χ3v) is 9.31. The highest BCUT2D eigenvalue weighted by Gasteiger charge is 2.55. The first-order chi connectivity index (χ1) is 24.4. The predicted octanol–water partition coefficient (Wildman–Crippen LogP) is 4.94. The average molecular weight is 811 g/mol. The third-order valence-electron chi connectivity index (χ3n) is 8.37. The van der Waals surface area contributed by atoms with Gasteiger partial charge >= 0.3 is 11.9 Å². The van der Waals surface area contributed by atoms with Crippen LogP contribution in [0.1, 0.15) is 67.9 Å². The summed E-state index contributed by atoms with van der Waals surface area (Å²) in [4.78, 5) is 51.8. The SMILES string of the molecule is CC(C)(C)OC(=O)CCC(CO)NC(=O)CCNC(=O)C1=CC2OC(c3ccccc3)(c3ccccc3)OC2C(OC(=O)c2ccccc2I)C1. The van der Waals surface area contributed by atoms with Gasteiger partial charge in [0.1, 0.15) is 23.9 Å². The van der Waals surface area contributed by atoms with Crippen molar-refractivity contribution in [3.05, 3.63) is 117 Å². The van der Waals surface area contributed by atoms with Crippen LogP contribution in [0, 0.1) is 3.57 Å². The number of aliphatic hydroxyl groups excluding tert-OH is 1. The van der Waals surface area contributed by atoms with Crippen molar-refractivity contribution in [1.82, 2.24) is 10.6 Å². The Hall–Kier alpha value is -4.11. The van der Waals surface area contributed by atoms with Crippen molar-refractivity contribution in [3.8, 4) is 0 Å². The van der Waals surface area contributed by atoms with Crippen molar-refractivity contribution in [1.29, 1.82) is 0 Å². The molecule has 0 radical (unpaired) electrons. The summed E-state index contributed by atoms with van der Waals surface area (Å²) in [5, 5.41) is 15.2. The van der Waals surface area contributed by atoms with Gasteiger partial charge in [-0.1, -0.05) is 72.8 Å². The molecular weight excluding hydrogens is 767 g/mol. The Bertz CT molecular complexity index is 1690. The van der Waals surface area contributed by atoms with Crippen LogP contribution in [-0.2, 0) is 39.1 Å². The molecule has 1 heterocycles. The monoisotopic (exact) mass is 810 g/mol. The summed E-state index contributed by atoms with van der Waals surface area (Å²) in [5.41, 5.74) is 1.57. The highest BCUT2D eigenvalue weighted by Crippen LogP contribution is 2.47. The van der Waals surface area contributed by atoms with E-state index in [1.807, 2.05) is 72.8 Å². The van der Waals surface area contributed by atoms with Gasteiger partial charge in [-0.2, -0.15) is 0 Å². The van der Waals surface area contributed by atoms with Gasteiger partial charge in [-0.25, -0.2) is 4.79 Å². The van der Waals surface area contributed by atoms with Crippen molar-refractivity contribution in [3.63, 3.8) is 0 Å². The zero-order valence-electron chi connectivity index (χ0n) is 28.8. The van der Waals surface area contributed by atoms with E-state index in [2.05, 4.69) is 33.2 Å². The molecule has 51 heavy (non-hydrogen) atoms. The summed E-state index contributed by atoms with van der Waals surface area (Å²) in [5.74, 6) is -3.15. The number of hydrogen-bond donors (Lipinski definition) is 3. The molecule has 270 valence electrons. The molecule has 0 aromatic heterocycles. The zero-order chi connectivity index (χ0) is 36.6. The Morgan fingerprint density at radius 2 is 1.55 bits per heavy atom. The molecule has 1 aliphatic heterocycles. The van der Waals surface area contributed by atoms with E-state index in [9.17, 15) is 24.3 Å². The maximum Gasteiger partial charge on any atom is 0.339 e. The number of carbonyl (C=O) groups excluding carboxylic acids is 4. The van der Waals surface area contributed by atoms with Gasteiger partial charge < -0.3 is 34.7 Å². The number of hydrogen-bond acceptors (Lipinski definition) is 9. The molecule has 2 aliphatic rings. The number of carbonyl (C=O) groups is 4. The number of nitrogens with one attached hydrogen (secondary N) is 2. The molecule has 3 aromatic carbocycles. The van der Waals surface area contributed by atoms with Crippen molar-refractivity contribution < 1.29 is 43.2 Å². The summed E-state index contributed by atoms with van der Waals surface area (Å²) >= 11 is 2.08. The second-order valence-electron chi connectivity index (χ2n) is 13.4. The second-order valence-corrected chi connectivity index (χ2v) is 14.6. The second kappa shape index (κ2) is 16.9. The zero-order valence-corrected chi connectivity index (χ0v) is 31.0. The molecular formula is C39H43IN2O9. The molecule has 11 nitrogen and oxygen atoms in total. The molecule has 4 atom stereocenters. The molecule has 1 fully saturated rings. The van der Waals surface area contributed by atoms with E-state index < -0.39 is 59.5 Å². The number of fused-ring (bicyclic) bond motifs is 1. The van der Waals surface area contributed by atoms with Gasteiger partial charge in [0.25, 0.3) is 0 Å². The lowest BCUT2D eigenvalue weighted by Gasteiger charge is -2.31. The van der Waals surface area contributed by atoms with Gasteiger partial charge in [0.2, 0.25) is 17.6 Å². The molecule has 1 saturated heterocycles. The Morgan fingerprint density at radius 3 is 2.16 bits per heavy atom. The quantitative estimate of drug-likeness (QED) is 0.161. The summed E-state index contributed by atoms with van der Waals surface area (Å²) < 4.78 is 25.6. The number of rotatable bonds is 13. The standard InChI is InChI=1S/C39H43IN2O9/c1-38(2,3)50-34(45)19-18-28(24-43)42-33(44)20-21-41-36(46)25-22-31(48-37(47)29-16-10-11-17-30(29)40)35-32(23-25)49-39(51-35,26-12-6-4-7-13-26)27-14-8-5-9-15-27/h4-17,23,28,31-32,35,43H,18-22,24H2,1-3H3,(H,41,46)(H,42,44). The Labute approximate surface area is 311 Å². The predicted molar refractivity (Wildman–Crippen MR) is 196 cm³/mol. The number of ether oxygens (including phenoxy) is 4. The lowest BCUT2D eigenvalue weighted by atomic mass is 9.91. The lowest BCUT2D eigenvalue weighted by molar-refractivity contribution is -0.157. The fourth-order valence-electron chi connectivity index (χ4n) is 6.02. The largest absolute Gasteiger partial charge is 0.460 e. The van der Waals surface area contributed by atoms with Crippen molar-refractivity contribution in [2.24, 2.45) is 0 Å². The van der Waals surface area contributed by atoms with E-state index in [1.54, 1.807) is 39.0 Å². The van der Waals surface area contributed by atoms with Crippen LogP contribution >= 0.6 is 22.6 Å². The van der Waals surface area contributed by atoms with E-state index in [0.717, 1.165) is 14.7 Å². The number of halogens is 1. The molecule has 3 N–H and O–H groups in total. The molecule has 0 saturated carbocycles. The first-order valence-corrected chi connectivity index (χ1v) is 18.0. The van der Waals surface area contributed by atoms with Crippen molar-refractivity contribution in [2.75, 3.05) is 13.2 Å². The van der Waals surface area contributed by atoms with Gasteiger partial charge in [0.05, 0.1) is 18.2 Å². The molecule has 4 unspecified atom stereocenters. The summed E-state index contributed by atoms with van der Waals surface area (Å²) in [6, 6.07) is 25.4. The minimum Gasteiger partial charge on any atom is -0.460 e. The fourth-order valence-corrected chi connectivity index (χ4v) is 6.62. The van der Waals surface area contributed by atoms with Crippen molar-refractivity contribution in [2.45, 2.75) is 82.2 Å². The molecule has 0 bridgehead atoms. The number of benzene rings is 3. The molecule has 12 heteroatoms. The minimum atomic E-state index is -1.34. The highest BCUT2D eigenvalue weighted by molar-refractivity contribution is 14.1. The fraction of sp³-hybridized carbons (Fsp3) is 0.385. The van der Waals surface area contributed by atoms with Crippen LogP contribution in [0.4, 0.5) is 0 Å². The van der Waals surface area contributed by atoms with Gasteiger partial charge in [-0.15, -0.1) is 0 Å². The average Bonchev–Trinajstić information content (AvgIpc) is 3.51. The number of aliphatic hydroxyl groups is 1. The van der Waals surface area contributed by atoms with Gasteiger partial charge in [-0.05, 0) is 68.0 Å².